The maximum Gasteiger partial charge on any atom is 0.238 e. The van der Waals surface area contributed by atoms with Crippen molar-refractivity contribution in [2.45, 2.75) is 37.9 Å². The van der Waals surface area contributed by atoms with Crippen LogP contribution >= 0.6 is 11.8 Å². The minimum absolute atomic E-state index is 0.0553. The number of ether oxygens (including phenoxy) is 2. The van der Waals surface area contributed by atoms with Gasteiger partial charge in [-0.2, -0.15) is 5.10 Å². The normalized spacial score (nSPS) is 18.3. The molecule has 3 aromatic rings. The van der Waals surface area contributed by atoms with Gasteiger partial charge in [0.25, 0.3) is 0 Å². The van der Waals surface area contributed by atoms with Gasteiger partial charge in [-0.25, -0.2) is 0 Å². The lowest BCUT2D eigenvalue weighted by Gasteiger charge is -2.22. The zero-order chi connectivity index (χ0) is 21.3. The summed E-state index contributed by atoms with van der Waals surface area (Å²) in [5, 5.41) is 9.88. The molecule has 0 saturated carbocycles. The van der Waals surface area contributed by atoms with Gasteiger partial charge >= 0.3 is 0 Å². The van der Waals surface area contributed by atoms with E-state index < -0.39 is 0 Å². The van der Waals surface area contributed by atoms with Crippen LogP contribution in [0, 0.1) is 13.8 Å². The third kappa shape index (κ3) is 3.89. The van der Waals surface area contributed by atoms with Gasteiger partial charge in [-0.15, -0.1) is 11.8 Å². The van der Waals surface area contributed by atoms with Crippen LogP contribution in [-0.4, -0.2) is 28.5 Å². The van der Waals surface area contributed by atoms with E-state index in [1.54, 1.807) is 18.9 Å². The van der Waals surface area contributed by atoms with Gasteiger partial charge in [0.15, 0.2) is 17.3 Å². The fraction of sp³-hybridized carbons (Fsp3) is 0.304. The Balaban J connectivity index is 1.75. The van der Waals surface area contributed by atoms with Crippen molar-refractivity contribution in [1.82, 2.24) is 10.2 Å². The van der Waals surface area contributed by atoms with Crippen molar-refractivity contribution < 1.29 is 14.3 Å². The van der Waals surface area contributed by atoms with Crippen LogP contribution in [0.4, 0.5) is 5.82 Å². The van der Waals surface area contributed by atoms with E-state index in [2.05, 4.69) is 46.7 Å². The number of amides is 1. The summed E-state index contributed by atoms with van der Waals surface area (Å²) in [6, 6.07) is 14.1. The molecule has 0 fully saturated rings. The Bertz CT molecular complexity index is 1060. The Morgan fingerprint density at radius 2 is 1.90 bits per heavy atom. The molecule has 30 heavy (non-hydrogen) atoms. The van der Waals surface area contributed by atoms with Gasteiger partial charge in [0.05, 0.1) is 17.6 Å². The molecule has 2 unspecified atom stereocenters. The molecule has 2 N–H and O–H groups in total. The minimum Gasteiger partial charge on any atom is -0.493 e. The van der Waals surface area contributed by atoms with E-state index in [1.165, 1.54) is 5.56 Å². The highest BCUT2D eigenvalue weighted by Crippen LogP contribution is 2.49. The molecule has 1 aliphatic heterocycles. The van der Waals surface area contributed by atoms with Crippen molar-refractivity contribution in [3.8, 4) is 11.5 Å². The first-order chi connectivity index (χ1) is 14.5. The van der Waals surface area contributed by atoms with Gasteiger partial charge in [-0.3, -0.25) is 9.89 Å². The number of anilines is 1. The molecule has 2 heterocycles. The molecular formula is C23H25N3O3S. The molecule has 1 amide bonds. The number of aromatic amines is 1. The molecule has 0 saturated heterocycles. The molecule has 4 rings (SSSR count). The predicted octanol–water partition coefficient (Wildman–Crippen LogP) is 4.78. The lowest BCUT2D eigenvalue weighted by molar-refractivity contribution is -0.115. The van der Waals surface area contributed by atoms with Gasteiger partial charge in [-0.05, 0) is 32.4 Å². The number of para-hydroxylation sites is 1. The fourth-order valence-corrected chi connectivity index (χ4v) is 4.88. The van der Waals surface area contributed by atoms with E-state index in [-0.39, 0.29) is 16.4 Å². The van der Waals surface area contributed by atoms with Crippen molar-refractivity contribution >= 4 is 23.5 Å². The number of nitrogens with zero attached hydrogens (tertiary/aromatic N) is 1. The first-order valence-electron chi connectivity index (χ1n) is 9.84. The number of fused-ring (bicyclic) bond motifs is 1. The second-order valence-corrected chi connectivity index (χ2v) is 8.86. The molecule has 2 atom stereocenters. The van der Waals surface area contributed by atoms with Crippen LogP contribution in [0.15, 0.2) is 42.5 Å². The number of aromatic nitrogens is 2. The highest BCUT2D eigenvalue weighted by molar-refractivity contribution is 8.01. The van der Waals surface area contributed by atoms with Crippen LogP contribution in [0.25, 0.3) is 0 Å². The van der Waals surface area contributed by atoms with Crippen LogP contribution in [-0.2, 0) is 11.4 Å². The Morgan fingerprint density at radius 1 is 1.13 bits per heavy atom. The number of benzene rings is 2. The summed E-state index contributed by atoms with van der Waals surface area (Å²) in [4.78, 5) is 12.5. The molecule has 7 heteroatoms. The average molecular weight is 424 g/mol. The van der Waals surface area contributed by atoms with Crippen molar-refractivity contribution in [3.05, 3.63) is 70.4 Å². The van der Waals surface area contributed by atoms with Crippen LogP contribution in [0.5, 0.6) is 11.5 Å². The largest absolute Gasteiger partial charge is 0.493 e. The number of H-pyrrole nitrogens is 1. The van der Waals surface area contributed by atoms with Crippen molar-refractivity contribution in [2.24, 2.45) is 0 Å². The molecular weight excluding hydrogens is 398 g/mol. The van der Waals surface area contributed by atoms with Crippen LogP contribution in [0.3, 0.4) is 0 Å². The molecule has 0 bridgehead atoms. The molecule has 1 aliphatic rings. The van der Waals surface area contributed by atoms with E-state index in [0.29, 0.717) is 23.9 Å². The maximum atomic E-state index is 12.5. The summed E-state index contributed by atoms with van der Waals surface area (Å²) in [6.45, 7) is 6.36. The summed E-state index contributed by atoms with van der Waals surface area (Å²) >= 11 is 1.58. The molecule has 1 aromatic heterocycles. The van der Waals surface area contributed by atoms with E-state index in [4.69, 9.17) is 9.47 Å². The second kappa shape index (κ2) is 8.44. The topological polar surface area (TPSA) is 76.2 Å². The number of methoxy groups -OCH3 is 1. The first kappa shape index (κ1) is 20.3. The van der Waals surface area contributed by atoms with Crippen LogP contribution < -0.4 is 14.8 Å². The number of rotatable bonds is 5. The third-order valence-electron chi connectivity index (χ3n) is 5.22. The SMILES string of the molecule is COc1cccc(C2SC(C)C(=O)Nc3n[nH]c(C)c32)c1OCc1ccc(C)cc1. The Labute approximate surface area is 180 Å². The number of hydrogen-bond donors (Lipinski definition) is 2. The lowest BCUT2D eigenvalue weighted by atomic mass is 10.0. The Hall–Kier alpha value is -2.93. The molecule has 156 valence electrons. The number of nitrogens with one attached hydrogen (secondary N) is 2. The second-order valence-electron chi connectivity index (χ2n) is 7.41. The van der Waals surface area contributed by atoms with Crippen LogP contribution in [0.2, 0.25) is 0 Å². The Kier molecular flexibility index (Phi) is 5.72. The molecule has 2 aromatic carbocycles. The number of hydrogen-bond acceptors (Lipinski definition) is 5. The first-order valence-corrected chi connectivity index (χ1v) is 10.8. The molecule has 6 nitrogen and oxygen atoms in total. The number of carbonyl (C=O) groups is 1. The summed E-state index contributed by atoms with van der Waals surface area (Å²) in [5.41, 5.74) is 5.13. The minimum atomic E-state index is -0.236. The van der Waals surface area contributed by atoms with Gasteiger partial charge in [-0.1, -0.05) is 42.0 Å². The quantitative estimate of drug-likeness (QED) is 0.618. The molecule has 0 radical (unpaired) electrons. The third-order valence-corrected chi connectivity index (χ3v) is 6.61. The summed E-state index contributed by atoms with van der Waals surface area (Å²) < 4.78 is 11.9. The van der Waals surface area contributed by atoms with Crippen molar-refractivity contribution in [3.63, 3.8) is 0 Å². The Morgan fingerprint density at radius 3 is 2.63 bits per heavy atom. The zero-order valence-corrected chi connectivity index (χ0v) is 18.3. The predicted molar refractivity (Wildman–Crippen MR) is 119 cm³/mol. The lowest BCUT2D eigenvalue weighted by Crippen LogP contribution is -2.21. The van der Waals surface area contributed by atoms with Gasteiger partial charge in [0, 0.05) is 16.8 Å². The standard InChI is InChI=1S/C23H25N3O3S/c1-13-8-10-16(11-9-13)12-29-20-17(6-5-7-18(20)28-4)21-19-14(2)25-26-22(19)24-23(27)15(3)30-21/h5-11,15,21H,12H2,1-4H3,(H2,24,25,26,27). The highest BCUT2D eigenvalue weighted by atomic mass is 32.2. The van der Waals surface area contributed by atoms with E-state index in [9.17, 15) is 4.79 Å². The maximum absolute atomic E-state index is 12.5. The smallest absolute Gasteiger partial charge is 0.238 e. The van der Waals surface area contributed by atoms with E-state index >= 15 is 0 Å². The fourth-order valence-electron chi connectivity index (χ4n) is 3.53. The van der Waals surface area contributed by atoms with Gasteiger partial charge in [0.2, 0.25) is 5.91 Å². The van der Waals surface area contributed by atoms with Gasteiger partial charge < -0.3 is 14.8 Å². The average Bonchev–Trinajstić information content (AvgIpc) is 3.04. The van der Waals surface area contributed by atoms with Gasteiger partial charge in [0.1, 0.15) is 6.61 Å². The number of carbonyl (C=O) groups excluding carboxylic acids is 1. The van der Waals surface area contributed by atoms with E-state index in [0.717, 1.165) is 22.4 Å². The summed E-state index contributed by atoms with van der Waals surface area (Å²) in [7, 11) is 1.64. The monoisotopic (exact) mass is 423 g/mol. The van der Waals surface area contributed by atoms with E-state index in [1.807, 2.05) is 32.0 Å². The summed E-state index contributed by atoms with van der Waals surface area (Å²) in [6.07, 6.45) is 0. The van der Waals surface area contributed by atoms with Crippen LogP contribution in [0.1, 0.15) is 40.1 Å². The van der Waals surface area contributed by atoms with Crippen molar-refractivity contribution in [2.75, 3.05) is 12.4 Å². The highest BCUT2D eigenvalue weighted by Gasteiger charge is 2.34. The molecule has 0 aliphatic carbocycles. The summed E-state index contributed by atoms with van der Waals surface area (Å²) in [5.74, 6) is 1.87. The zero-order valence-electron chi connectivity index (χ0n) is 17.5. The molecule has 0 spiro atoms. The van der Waals surface area contributed by atoms with Crippen molar-refractivity contribution in [1.29, 1.82) is 0 Å². The number of aryl methyl sites for hydroxylation is 2. The number of thioether (sulfide) groups is 1.